The molecule has 5 N–H and O–H groups in total. The first kappa shape index (κ1) is 32.5. The van der Waals surface area contributed by atoms with Crippen LogP contribution in [0.1, 0.15) is 59.7 Å². The van der Waals surface area contributed by atoms with E-state index < -0.39 is 47.4 Å². The average Bonchev–Trinajstić information content (AvgIpc) is 3.42. The summed E-state index contributed by atoms with van der Waals surface area (Å²) in [5.74, 6) is -0.915. The number of aliphatic hydroxyl groups is 1. The van der Waals surface area contributed by atoms with E-state index in [2.05, 4.69) is 21.0 Å². The van der Waals surface area contributed by atoms with Crippen LogP contribution >= 0.6 is 0 Å². The van der Waals surface area contributed by atoms with Crippen LogP contribution < -0.4 is 16.0 Å². The van der Waals surface area contributed by atoms with Crippen LogP contribution in [0, 0.1) is 0 Å². The maximum absolute atomic E-state index is 13.6. The van der Waals surface area contributed by atoms with E-state index in [1.807, 2.05) is 0 Å². The fourth-order valence-electron chi connectivity index (χ4n) is 4.24. The number of alkyl halides is 3. The number of anilines is 2. The third kappa shape index (κ3) is 8.83. The van der Waals surface area contributed by atoms with Crippen molar-refractivity contribution >= 4 is 29.5 Å². The molecule has 236 valence electrons. The number of hydrogen-bond donors (Lipinski definition) is 5. The van der Waals surface area contributed by atoms with Crippen molar-refractivity contribution in [1.29, 1.82) is 0 Å². The fraction of sp³-hybridized carbons (Fsp3) is 0.226. The van der Waals surface area contributed by atoms with E-state index in [0.717, 1.165) is 4.68 Å². The van der Waals surface area contributed by atoms with Gasteiger partial charge in [0.1, 0.15) is 17.4 Å². The molecule has 0 bridgehead atoms. The second kappa shape index (κ2) is 13.1. The highest BCUT2D eigenvalue weighted by molar-refractivity contribution is 6.03. The van der Waals surface area contributed by atoms with Gasteiger partial charge in [-0.2, -0.15) is 18.3 Å². The molecule has 3 amide bonds. The number of carboxylic acid groups (broad SMARTS) is 1. The number of nitrogens with one attached hydrogen (secondary N) is 3. The highest BCUT2D eigenvalue weighted by Gasteiger charge is 2.36. The number of amides is 3. The Morgan fingerprint density at radius 1 is 0.889 bits per heavy atom. The Morgan fingerprint density at radius 2 is 1.49 bits per heavy atom. The zero-order chi connectivity index (χ0) is 32.9. The van der Waals surface area contributed by atoms with Crippen LogP contribution in [0.2, 0.25) is 0 Å². The van der Waals surface area contributed by atoms with Gasteiger partial charge in [0.15, 0.2) is 5.69 Å². The Morgan fingerprint density at radius 3 is 2.07 bits per heavy atom. The molecule has 0 saturated heterocycles. The van der Waals surface area contributed by atoms with Gasteiger partial charge in [0, 0.05) is 24.0 Å². The predicted octanol–water partition coefficient (Wildman–Crippen LogP) is 6.34. The summed E-state index contributed by atoms with van der Waals surface area (Å²) in [5.41, 5.74) is -0.587. The predicted molar refractivity (Wildman–Crippen MR) is 158 cm³/mol. The van der Waals surface area contributed by atoms with Crippen LogP contribution in [0.15, 0.2) is 78.9 Å². The van der Waals surface area contributed by atoms with Gasteiger partial charge in [0.25, 0.3) is 5.91 Å². The van der Waals surface area contributed by atoms with Crippen LogP contribution in [0.3, 0.4) is 0 Å². The van der Waals surface area contributed by atoms with Gasteiger partial charge < -0.3 is 25.6 Å². The lowest BCUT2D eigenvalue weighted by molar-refractivity contribution is -0.141. The molecule has 0 aliphatic rings. The van der Waals surface area contributed by atoms with Gasteiger partial charge in [0.2, 0.25) is 0 Å². The maximum atomic E-state index is 13.6. The van der Waals surface area contributed by atoms with Crippen molar-refractivity contribution in [2.75, 3.05) is 10.6 Å². The first-order valence-corrected chi connectivity index (χ1v) is 13.5. The largest absolute Gasteiger partial charge is 0.465 e. The molecule has 1 unspecified atom stereocenters. The molecular formula is C31H30F3N5O6. The molecule has 1 aromatic heterocycles. The molecule has 0 saturated carbocycles. The molecule has 1 atom stereocenters. The Hall–Kier alpha value is -5.37. The van der Waals surface area contributed by atoms with Crippen LogP contribution in [0.5, 0.6) is 0 Å². The van der Waals surface area contributed by atoms with Crippen LogP contribution in [0.4, 0.5) is 34.1 Å². The third-order valence-electron chi connectivity index (χ3n) is 6.14. The fourth-order valence-corrected chi connectivity index (χ4v) is 4.24. The molecule has 3 aromatic carbocycles. The number of halogens is 3. The SMILES string of the molecule is CC(C)(C)OC(=O)Nc1cccc(C(O)c2cccc(NC(=O)c3cc(C(F)(F)F)nn3-c3cccc(CNC(=O)O)c3)c2)c1. The average molecular weight is 626 g/mol. The van der Waals surface area contributed by atoms with E-state index in [1.54, 1.807) is 63.2 Å². The smallest absolute Gasteiger partial charge is 0.435 e. The number of aliphatic hydroxyl groups excluding tert-OH is 1. The summed E-state index contributed by atoms with van der Waals surface area (Å²) >= 11 is 0. The number of benzene rings is 3. The minimum atomic E-state index is -4.85. The Kier molecular flexibility index (Phi) is 9.47. The molecule has 0 radical (unpaired) electrons. The summed E-state index contributed by atoms with van der Waals surface area (Å²) in [6.45, 7) is 5.05. The summed E-state index contributed by atoms with van der Waals surface area (Å²) in [6.07, 6.45) is -7.99. The number of nitrogens with zero attached hydrogens (tertiary/aromatic N) is 2. The molecule has 0 aliphatic carbocycles. The Bertz CT molecular complexity index is 1710. The van der Waals surface area contributed by atoms with Crippen LogP contribution in [-0.4, -0.2) is 43.7 Å². The van der Waals surface area contributed by atoms with Crippen molar-refractivity contribution < 1.29 is 42.5 Å². The number of aromatic nitrogens is 2. The topological polar surface area (TPSA) is 155 Å². The summed E-state index contributed by atoms with van der Waals surface area (Å²) in [6, 6.07) is 19.0. The lowest BCUT2D eigenvalue weighted by atomic mass is 10.0. The lowest BCUT2D eigenvalue weighted by Crippen LogP contribution is -2.27. The number of ether oxygens (including phenoxy) is 1. The van der Waals surface area contributed by atoms with Crippen LogP contribution in [-0.2, 0) is 17.5 Å². The molecule has 1 heterocycles. The van der Waals surface area contributed by atoms with Gasteiger partial charge in [0.05, 0.1) is 5.69 Å². The second-order valence-electron chi connectivity index (χ2n) is 10.9. The van der Waals surface area contributed by atoms with Crippen molar-refractivity contribution in [1.82, 2.24) is 15.1 Å². The molecule has 0 aliphatic heterocycles. The molecular weight excluding hydrogens is 595 g/mol. The summed E-state index contributed by atoms with van der Waals surface area (Å²) in [7, 11) is 0. The normalized spacial score (nSPS) is 12.2. The zero-order valence-electron chi connectivity index (χ0n) is 24.3. The Labute approximate surface area is 255 Å². The minimum absolute atomic E-state index is 0.101. The standard InChI is InChI=1S/C31H30F3N5O6/c1-30(2,3)45-29(44)37-22-11-6-9-20(15-22)26(40)19-8-5-10-21(14-19)36-27(41)24-16-25(31(32,33)34)38-39(24)23-12-4-7-18(13-23)17-35-28(42)43/h4-16,26,35,40H,17H2,1-3H3,(H,36,41)(H,37,44)(H,42,43). The van der Waals surface area contributed by atoms with Crippen molar-refractivity contribution in [2.24, 2.45) is 0 Å². The van der Waals surface area contributed by atoms with Crippen molar-refractivity contribution in [3.8, 4) is 5.69 Å². The number of carbonyl (C=O) groups is 3. The lowest BCUT2D eigenvalue weighted by Gasteiger charge is -2.20. The van der Waals surface area contributed by atoms with E-state index >= 15 is 0 Å². The monoisotopic (exact) mass is 625 g/mol. The van der Waals surface area contributed by atoms with E-state index in [4.69, 9.17) is 9.84 Å². The summed E-state index contributed by atoms with van der Waals surface area (Å²) in [5, 5.41) is 30.8. The summed E-state index contributed by atoms with van der Waals surface area (Å²) in [4.78, 5) is 36.3. The van der Waals surface area contributed by atoms with Crippen molar-refractivity contribution in [2.45, 2.75) is 45.2 Å². The molecule has 45 heavy (non-hydrogen) atoms. The molecule has 4 aromatic rings. The van der Waals surface area contributed by atoms with Crippen LogP contribution in [0.25, 0.3) is 5.69 Å². The molecule has 11 nitrogen and oxygen atoms in total. The van der Waals surface area contributed by atoms with E-state index in [-0.39, 0.29) is 17.9 Å². The number of hydrogen-bond acceptors (Lipinski definition) is 6. The minimum Gasteiger partial charge on any atom is -0.465 e. The maximum Gasteiger partial charge on any atom is 0.435 e. The quantitative estimate of drug-likeness (QED) is 0.153. The van der Waals surface area contributed by atoms with Gasteiger partial charge >= 0.3 is 18.4 Å². The Balaban J connectivity index is 1.57. The molecule has 14 heteroatoms. The van der Waals surface area contributed by atoms with Gasteiger partial charge in [-0.3, -0.25) is 10.1 Å². The highest BCUT2D eigenvalue weighted by atomic mass is 19.4. The van der Waals surface area contributed by atoms with E-state index in [1.165, 1.54) is 30.3 Å². The van der Waals surface area contributed by atoms with E-state index in [9.17, 15) is 32.7 Å². The highest BCUT2D eigenvalue weighted by Crippen LogP contribution is 2.31. The second-order valence-corrected chi connectivity index (χ2v) is 10.9. The van der Waals surface area contributed by atoms with Gasteiger partial charge in [-0.1, -0.05) is 36.4 Å². The number of rotatable bonds is 8. The zero-order valence-corrected chi connectivity index (χ0v) is 24.3. The number of carbonyl (C=O) groups excluding carboxylic acids is 2. The molecule has 0 spiro atoms. The van der Waals surface area contributed by atoms with Crippen molar-refractivity contribution in [3.05, 3.63) is 107 Å². The van der Waals surface area contributed by atoms with Gasteiger partial charge in [-0.15, -0.1) is 0 Å². The van der Waals surface area contributed by atoms with Gasteiger partial charge in [-0.25, -0.2) is 14.3 Å². The first-order valence-electron chi connectivity index (χ1n) is 13.5. The third-order valence-corrected chi connectivity index (χ3v) is 6.14. The molecule has 0 fully saturated rings. The first-order chi connectivity index (χ1) is 21.1. The summed E-state index contributed by atoms with van der Waals surface area (Å²) < 4.78 is 46.9. The van der Waals surface area contributed by atoms with E-state index in [0.29, 0.717) is 28.4 Å². The molecule has 4 rings (SSSR count). The van der Waals surface area contributed by atoms with Gasteiger partial charge in [-0.05, 0) is 73.9 Å². The van der Waals surface area contributed by atoms with Crippen molar-refractivity contribution in [3.63, 3.8) is 0 Å².